The monoisotopic (exact) mass is 577 g/mol. The molecule has 4 aromatic heterocycles. The summed E-state index contributed by atoms with van der Waals surface area (Å²) in [5, 5.41) is 0.884. The lowest BCUT2D eigenvalue weighted by Crippen LogP contribution is -2.24. The number of benzene rings is 1. The fraction of sp³-hybridized carbons (Fsp3) is 0.265. The topological polar surface area (TPSA) is 81.1 Å². The molecule has 0 amide bonds. The Morgan fingerprint density at radius 2 is 1.48 bits per heavy atom. The third kappa shape index (κ3) is 7.51. The van der Waals surface area contributed by atoms with Crippen molar-refractivity contribution in [2.45, 2.75) is 54.3 Å². The van der Waals surface area contributed by atoms with E-state index in [1.807, 2.05) is 51.2 Å². The molecule has 0 saturated heterocycles. The Morgan fingerprint density at radius 1 is 0.786 bits per heavy atom. The summed E-state index contributed by atoms with van der Waals surface area (Å²) in [4.78, 5) is 35.1. The second-order valence-electron chi connectivity index (χ2n) is 10.5. The highest BCUT2D eigenvalue weighted by Crippen LogP contribution is 2.31. The lowest BCUT2D eigenvalue weighted by atomic mass is 10.1. The van der Waals surface area contributed by atoms with Crippen molar-refractivity contribution in [3.8, 4) is 21.1 Å². The van der Waals surface area contributed by atoms with Crippen LogP contribution < -0.4 is 0 Å². The number of carbonyl (C=O) groups is 1. The smallest absolute Gasteiger partial charge is 0.338 e. The molecule has 5 rings (SSSR count). The molecule has 0 atom stereocenters. The van der Waals surface area contributed by atoms with Crippen molar-refractivity contribution in [2.24, 2.45) is 0 Å². The van der Waals surface area contributed by atoms with Crippen molar-refractivity contribution in [2.75, 3.05) is 6.61 Å². The van der Waals surface area contributed by atoms with Gasteiger partial charge in [0.25, 0.3) is 0 Å². The summed E-state index contributed by atoms with van der Waals surface area (Å²) in [6.07, 6.45) is 1.92. The maximum Gasteiger partial charge on any atom is 0.338 e. The predicted octanol–water partition coefficient (Wildman–Crippen LogP) is 7.27. The molecule has 0 fully saturated rings. The van der Waals surface area contributed by atoms with Crippen LogP contribution in [0.2, 0.25) is 0 Å². The van der Waals surface area contributed by atoms with Crippen LogP contribution in [0.3, 0.4) is 0 Å². The Hall–Kier alpha value is -4.27. The Labute approximate surface area is 251 Å². The minimum atomic E-state index is -0.338. The van der Waals surface area contributed by atoms with Crippen molar-refractivity contribution < 1.29 is 9.53 Å². The van der Waals surface area contributed by atoms with Crippen molar-refractivity contribution >= 4 is 17.3 Å². The maximum absolute atomic E-state index is 12.5. The molecule has 0 N–H and O–H groups in total. The van der Waals surface area contributed by atoms with Crippen molar-refractivity contribution in [3.63, 3.8) is 0 Å². The number of thiazole rings is 1. The summed E-state index contributed by atoms with van der Waals surface area (Å²) in [6.45, 7) is 11.9. The zero-order chi connectivity index (χ0) is 29.6. The van der Waals surface area contributed by atoms with Gasteiger partial charge in [0.05, 0.1) is 39.8 Å². The zero-order valence-corrected chi connectivity index (χ0v) is 25.5. The summed E-state index contributed by atoms with van der Waals surface area (Å²) in [5.74, 6) is -0.338. The minimum Gasteiger partial charge on any atom is -0.462 e. The molecule has 0 spiro atoms. The normalized spacial score (nSPS) is 11.2. The number of hydrogen-bond donors (Lipinski definition) is 0. The molecular weight excluding hydrogens is 542 g/mol. The van der Waals surface area contributed by atoms with E-state index in [1.165, 1.54) is 11.1 Å². The molecule has 0 radical (unpaired) electrons. The number of hydrogen-bond acceptors (Lipinski definition) is 8. The van der Waals surface area contributed by atoms with Gasteiger partial charge >= 0.3 is 5.97 Å². The lowest BCUT2D eigenvalue weighted by Gasteiger charge is -2.22. The maximum atomic E-state index is 12.5. The van der Waals surface area contributed by atoms with Crippen LogP contribution in [0.4, 0.5) is 0 Å². The summed E-state index contributed by atoms with van der Waals surface area (Å²) < 4.78 is 5.25. The van der Waals surface area contributed by atoms with Gasteiger partial charge in [0.15, 0.2) is 0 Å². The second-order valence-corrected chi connectivity index (χ2v) is 11.6. The van der Waals surface area contributed by atoms with E-state index in [9.17, 15) is 4.79 Å². The molecule has 5 aromatic rings. The van der Waals surface area contributed by atoms with Crippen LogP contribution in [0.5, 0.6) is 0 Å². The van der Waals surface area contributed by atoms with Crippen molar-refractivity contribution in [1.29, 1.82) is 0 Å². The molecule has 0 unspecified atom stereocenters. The van der Waals surface area contributed by atoms with Crippen LogP contribution in [0.25, 0.3) is 21.1 Å². The minimum absolute atomic E-state index is 0.327. The molecule has 4 heterocycles. The van der Waals surface area contributed by atoms with Crippen LogP contribution in [0, 0.1) is 27.7 Å². The third-order valence-corrected chi connectivity index (χ3v) is 7.76. The van der Waals surface area contributed by atoms with E-state index in [2.05, 4.69) is 60.1 Å². The highest BCUT2D eigenvalue weighted by molar-refractivity contribution is 7.18. The SMILES string of the molecule is CCOC(=O)c1cc(C)nc(CN(Cc2cc(C)cc(C)n2)Cc2cccc(-c3ncc(-c4ccc(C)cc4)s3)n2)c1. The highest BCUT2D eigenvalue weighted by Gasteiger charge is 2.16. The number of ether oxygens (including phenoxy) is 1. The largest absolute Gasteiger partial charge is 0.462 e. The summed E-state index contributed by atoms with van der Waals surface area (Å²) >= 11 is 1.64. The fourth-order valence-electron chi connectivity index (χ4n) is 4.94. The standard InChI is InChI=1S/C34H35N5O2S/c1-6-41-34(40)27-16-25(5)37-30(17-27)21-39(20-29-15-23(3)14-24(4)36-29)19-28-8-7-9-31(38-28)33-35-18-32(42-33)26-12-10-22(2)11-13-26/h7-18H,6,19-21H2,1-5H3. The Bertz CT molecular complexity index is 1680. The molecule has 1 aromatic carbocycles. The molecule has 0 bridgehead atoms. The van der Waals surface area contributed by atoms with Gasteiger partial charge in [0, 0.05) is 37.2 Å². The van der Waals surface area contributed by atoms with Gasteiger partial charge in [-0.2, -0.15) is 0 Å². The molecule has 8 heteroatoms. The molecule has 42 heavy (non-hydrogen) atoms. The Morgan fingerprint density at radius 3 is 2.19 bits per heavy atom. The average Bonchev–Trinajstić information content (AvgIpc) is 3.43. The molecule has 214 valence electrons. The zero-order valence-electron chi connectivity index (χ0n) is 24.7. The van der Waals surface area contributed by atoms with Crippen molar-refractivity contribution in [1.82, 2.24) is 24.8 Å². The predicted molar refractivity (Wildman–Crippen MR) is 167 cm³/mol. The first-order chi connectivity index (χ1) is 20.2. The quantitative estimate of drug-likeness (QED) is 0.161. The van der Waals surface area contributed by atoms with Crippen LogP contribution >= 0.6 is 11.3 Å². The molecule has 7 nitrogen and oxygen atoms in total. The second kappa shape index (κ2) is 13.1. The molecular formula is C34H35N5O2S. The van der Waals surface area contributed by atoms with E-state index in [0.717, 1.165) is 49.6 Å². The van der Waals surface area contributed by atoms with Gasteiger partial charge in [0.2, 0.25) is 0 Å². The van der Waals surface area contributed by atoms with Gasteiger partial charge in [-0.15, -0.1) is 11.3 Å². The number of rotatable bonds is 10. The van der Waals surface area contributed by atoms with E-state index >= 15 is 0 Å². The Kier molecular flexibility index (Phi) is 9.15. The first-order valence-corrected chi connectivity index (χ1v) is 14.9. The van der Waals surface area contributed by atoms with E-state index in [0.29, 0.717) is 31.8 Å². The number of nitrogens with zero attached hydrogens (tertiary/aromatic N) is 5. The van der Waals surface area contributed by atoms with Crippen LogP contribution in [0.1, 0.15) is 56.9 Å². The number of carbonyl (C=O) groups excluding carboxylic acids is 1. The van der Waals surface area contributed by atoms with E-state index in [4.69, 9.17) is 19.7 Å². The first kappa shape index (κ1) is 29.2. The first-order valence-electron chi connectivity index (χ1n) is 14.1. The van der Waals surface area contributed by atoms with Gasteiger partial charge in [-0.3, -0.25) is 14.9 Å². The number of aryl methyl sites for hydroxylation is 4. The summed E-state index contributed by atoms with van der Waals surface area (Å²) in [6, 6.07) is 22.3. The summed E-state index contributed by atoms with van der Waals surface area (Å²) in [5.41, 5.74) is 9.36. The van der Waals surface area contributed by atoms with Crippen molar-refractivity contribution in [3.05, 3.63) is 118 Å². The lowest BCUT2D eigenvalue weighted by molar-refractivity contribution is 0.0525. The van der Waals surface area contributed by atoms with Crippen LogP contribution in [0.15, 0.2) is 72.9 Å². The van der Waals surface area contributed by atoms with Gasteiger partial charge in [0.1, 0.15) is 5.01 Å². The molecule has 0 aliphatic rings. The van der Waals surface area contributed by atoms with Gasteiger partial charge < -0.3 is 4.74 Å². The number of esters is 1. The fourth-order valence-corrected chi connectivity index (χ4v) is 5.83. The summed E-state index contributed by atoms with van der Waals surface area (Å²) in [7, 11) is 0. The average molecular weight is 578 g/mol. The molecule has 0 aliphatic heterocycles. The van der Waals surface area contributed by atoms with E-state index in [1.54, 1.807) is 17.4 Å². The number of pyridine rings is 3. The molecule has 0 aliphatic carbocycles. The number of aromatic nitrogens is 4. The molecule has 0 saturated carbocycles. The van der Waals surface area contributed by atoms with E-state index in [-0.39, 0.29) is 5.97 Å². The Balaban J connectivity index is 1.42. The van der Waals surface area contributed by atoms with Crippen LogP contribution in [-0.4, -0.2) is 37.4 Å². The van der Waals surface area contributed by atoms with E-state index < -0.39 is 0 Å². The third-order valence-electron chi connectivity index (χ3n) is 6.69. The van der Waals surface area contributed by atoms with Gasteiger partial charge in [-0.05, 0) is 82.1 Å². The van der Waals surface area contributed by atoms with Gasteiger partial charge in [-0.1, -0.05) is 35.9 Å². The van der Waals surface area contributed by atoms with Crippen LogP contribution in [-0.2, 0) is 24.4 Å². The highest BCUT2D eigenvalue weighted by atomic mass is 32.1. The van der Waals surface area contributed by atoms with Gasteiger partial charge in [-0.25, -0.2) is 14.8 Å².